The average Bonchev–Trinajstić information content (AvgIpc) is 2.75. The molecule has 0 aliphatic heterocycles. The van der Waals surface area contributed by atoms with Crippen LogP contribution in [0.25, 0.3) is 6.08 Å². The summed E-state index contributed by atoms with van der Waals surface area (Å²) < 4.78 is 59.6. The van der Waals surface area contributed by atoms with Crippen molar-refractivity contribution in [3.8, 4) is 17.2 Å². The third-order valence-corrected chi connectivity index (χ3v) is 4.34. The number of halogens is 4. The fraction of sp³-hybridized carbons (Fsp3) is 0.238. The zero-order valence-electron chi connectivity index (χ0n) is 17.2. The highest BCUT2D eigenvalue weighted by molar-refractivity contribution is 6.34. The maximum Gasteiger partial charge on any atom is 0.418 e. The molecule has 11 heteroatoms. The van der Waals surface area contributed by atoms with Crippen molar-refractivity contribution in [1.82, 2.24) is 0 Å². The van der Waals surface area contributed by atoms with Crippen LogP contribution in [0.5, 0.6) is 17.2 Å². The molecule has 0 aromatic heterocycles. The molecule has 0 radical (unpaired) electrons. The van der Waals surface area contributed by atoms with Crippen LogP contribution < -0.4 is 19.5 Å². The largest absolute Gasteiger partial charge is 0.493 e. The van der Waals surface area contributed by atoms with Crippen molar-refractivity contribution in [2.24, 2.45) is 0 Å². The van der Waals surface area contributed by atoms with E-state index in [2.05, 4.69) is 0 Å². The maximum absolute atomic E-state index is 13.1. The van der Waals surface area contributed by atoms with Gasteiger partial charge < -0.3 is 24.3 Å². The van der Waals surface area contributed by atoms with Crippen LogP contribution in [-0.2, 0) is 20.5 Å². The van der Waals surface area contributed by atoms with Crippen molar-refractivity contribution in [3.63, 3.8) is 0 Å². The Balaban J connectivity index is 2.04. The first-order valence-electron chi connectivity index (χ1n) is 8.91. The van der Waals surface area contributed by atoms with E-state index in [1.54, 1.807) is 12.1 Å². The second kappa shape index (κ2) is 10.8. The minimum atomic E-state index is -4.73. The molecule has 1 N–H and O–H groups in total. The molecule has 0 bridgehead atoms. The van der Waals surface area contributed by atoms with Crippen molar-refractivity contribution in [2.75, 3.05) is 33.3 Å². The minimum absolute atomic E-state index is 0.304. The number of benzene rings is 2. The number of para-hydroxylation sites is 1. The lowest BCUT2D eigenvalue weighted by molar-refractivity contribution is -0.142. The zero-order valence-corrected chi connectivity index (χ0v) is 18.0. The van der Waals surface area contributed by atoms with Crippen LogP contribution in [0.3, 0.4) is 0 Å². The van der Waals surface area contributed by atoms with Crippen molar-refractivity contribution in [3.05, 3.63) is 52.6 Å². The van der Waals surface area contributed by atoms with Crippen molar-refractivity contribution >= 4 is 35.2 Å². The van der Waals surface area contributed by atoms with E-state index in [0.717, 1.165) is 18.2 Å². The summed E-state index contributed by atoms with van der Waals surface area (Å²) in [6.07, 6.45) is -2.32. The molecule has 0 aliphatic carbocycles. The van der Waals surface area contributed by atoms with Crippen LogP contribution in [0.2, 0.25) is 5.02 Å². The van der Waals surface area contributed by atoms with Gasteiger partial charge in [-0.3, -0.25) is 4.79 Å². The fourth-order valence-corrected chi connectivity index (χ4v) is 2.83. The van der Waals surface area contributed by atoms with Crippen LogP contribution in [0, 0.1) is 0 Å². The minimum Gasteiger partial charge on any atom is -0.493 e. The molecule has 2 aromatic rings. The Hall–Kier alpha value is -3.40. The molecule has 0 heterocycles. The number of amides is 1. The quantitative estimate of drug-likeness (QED) is 0.446. The number of hydrogen-bond donors (Lipinski definition) is 1. The van der Waals surface area contributed by atoms with Crippen molar-refractivity contribution in [2.45, 2.75) is 6.18 Å². The topological polar surface area (TPSA) is 83.1 Å². The number of alkyl halides is 3. The summed E-state index contributed by atoms with van der Waals surface area (Å²) in [6.45, 7) is -0.819. The van der Waals surface area contributed by atoms with Crippen LogP contribution >= 0.6 is 11.6 Å². The van der Waals surface area contributed by atoms with Gasteiger partial charge in [0.15, 0.2) is 18.1 Å². The number of carbonyl (C=O) groups excluding carboxylic acids is 2. The van der Waals surface area contributed by atoms with E-state index in [1.807, 2.05) is 5.32 Å². The molecule has 0 aliphatic rings. The number of rotatable bonds is 8. The van der Waals surface area contributed by atoms with Gasteiger partial charge in [-0.1, -0.05) is 17.7 Å². The monoisotopic (exact) mass is 473 g/mol. The van der Waals surface area contributed by atoms with Crippen LogP contribution in [0.4, 0.5) is 18.9 Å². The molecular weight excluding hydrogens is 455 g/mol. The Kier molecular flexibility index (Phi) is 8.36. The lowest BCUT2D eigenvalue weighted by Crippen LogP contribution is -2.22. The van der Waals surface area contributed by atoms with Gasteiger partial charge in [-0.05, 0) is 35.9 Å². The highest BCUT2D eigenvalue weighted by Gasteiger charge is 2.34. The SMILES string of the molecule is COc1cc(C=CC(=O)OCC(=O)Nc2c(Cl)cccc2C(F)(F)F)cc(OC)c1OC. The van der Waals surface area contributed by atoms with Crippen LogP contribution in [0.15, 0.2) is 36.4 Å². The molecule has 0 spiro atoms. The van der Waals surface area contributed by atoms with Gasteiger partial charge in [0.25, 0.3) is 5.91 Å². The third kappa shape index (κ3) is 6.30. The van der Waals surface area contributed by atoms with E-state index in [4.69, 9.17) is 30.5 Å². The normalized spacial score (nSPS) is 11.2. The van der Waals surface area contributed by atoms with Gasteiger partial charge in [0.05, 0.1) is 37.6 Å². The van der Waals surface area contributed by atoms with Gasteiger partial charge in [-0.2, -0.15) is 13.2 Å². The van der Waals surface area contributed by atoms with E-state index in [9.17, 15) is 22.8 Å². The Bertz CT molecular complexity index is 998. The Morgan fingerprint density at radius 2 is 1.69 bits per heavy atom. The fourth-order valence-electron chi connectivity index (χ4n) is 2.61. The van der Waals surface area contributed by atoms with Gasteiger partial charge >= 0.3 is 12.1 Å². The lowest BCUT2D eigenvalue weighted by Gasteiger charge is -2.15. The molecule has 1 amide bonds. The predicted octanol–water partition coefficient (Wildman–Crippen LogP) is 4.58. The molecule has 0 saturated carbocycles. The van der Waals surface area contributed by atoms with E-state index in [0.29, 0.717) is 22.8 Å². The van der Waals surface area contributed by atoms with E-state index < -0.39 is 35.9 Å². The summed E-state index contributed by atoms with van der Waals surface area (Å²) in [4.78, 5) is 23.9. The highest BCUT2D eigenvalue weighted by Crippen LogP contribution is 2.39. The molecular formula is C21H19ClF3NO6. The third-order valence-electron chi connectivity index (χ3n) is 4.03. The molecule has 32 heavy (non-hydrogen) atoms. The van der Waals surface area contributed by atoms with E-state index in [1.165, 1.54) is 33.5 Å². The van der Waals surface area contributed by atoms with Crippen LogP contribution in [0.1, 0.15) is 11.1 Å². The average molecular weight is 474 g/mol. The molecule has 0 fully saturated rings. The number of nitrogens with one attached hydrogen (secondary N) is 1. The van der Waals surface area contributed by atoms with Gasteiger partial charge in [-0.25, -0.2) is 4.79 Å². The van der Waals surface area contributed by atoms with Gasteiger partial charge in [0.2, 0.25) is 5.75 Å². The first kappa shape index (κ1) is 24.9. The Morgan fingerprint density at radius 1 is 1.06 bits per heavy atom. The summed E-state index contributed by atoms with van der Waals surface area (Å²) in [5.41, 5.74) is -1.23. The van der Waals surface area contributed by atoms with Gasteiger partial charge in [-0.15, -0.1) is 0 Å². The summed E-state index contributed by atoms with van der Waals surface area (Å²) in [7, 11) is 4.31. The number of anilines is 1. The molecule has 2 rings (SSSR count). The first-order chi connectivity index (χ1) is 15.1. The molecule has 2 aromatic carbocycles. The van der Waals surface area contributed by atoms with Crippen LogP contribution in [-0.4, -0.2) is 39.8 Å². The molecule has 7 nitrogen and oxygen atoms in total. The number of hydrogen-bond acceptors (Lipinski definition) is 6. The summed E-state index contributed by atoms with van der Waals surface area (Å²) >= 11 is 5.77. The number of methoxy groups -OCH3 is 3. The van der Waals surface area contributed by atoms with Crippen molar-refractivity contribution < 1.29 is 41.7 Å². The second-order valence-corrected chi connectivity index (χ2v) is 6.52. The zero-order chi connectivity index (χ0) is 23.9. The highest BCUT2D eigenvalue weighted by atomic mass is 35.5. The maximum atomic E-state index is 13.1. The van der Waals surface area contributed by atoms with E-state index >= 15 is 0 Å². The molecule has 0 saturated heterocycles. The molecule has 0 unspecified atom stereocenters. The molecule has 0 atom stereocenters. The van der Waals surface area contributed by atoms with Crippen molar-refractivity contribution in [1.29, 1.82) is 0 Å². The summed E-state index contributed by atoms with van der Waals surface area (Å²) in [5, 5.41) is 1.71. The summed E-state index contributed by atoms with van der Waals surface area (Å²) in [6, 6.07) is 6.23. The number of esters is 1. The summed E-state index contributed by atoms with van der Waals surface area (Å²) in [5.74, 6) is -0.801. The van der Waals surface area contributed by atoms with Gasteiger partial charge in [0.1, 0.15) is 0 Å². The smallest absolute Gasteiger partial charge is 0.418 e. The number of carbonyl (C=O) groups is 2. The van der Waals surface area contributed by atoms with Gasteiger partial charge in [0, 0.05) is 6.08 Å². The predicted molar refractivity (Wildman–Crippen MR) is 111 cm³/mol. The number of ether oxygens (including phenoxy) is 4. The molecule has 172 valence electrons. The lowest BCUT2D eigenvalue weighted by atomic mass is 10.1. The Labute approximate surface area is 186 Å². The Morgan fingerprint density at radius 3 is 2.22 bits per heavy atom. The standard InChI is InChI=1S/C21H19ClF3NO6/c1-29-15-9-12(10-16(30-2)20(15)31-3)7-8-18(28)32-11-17(27)26-19-13(21(23,24)25)5-4-6-14(19)22/h4-10H,11H2,1-3H3,(H,26,27). The second-order valence-electron chi connectivity index (χ2n) is 6.11. The first-order valence-corrected chi connectivity index (χ1v) is 9.29. The van der Waals surface area contributed by atoms with E-state index in [-0.39, 0.29) is 5.02 Å².